The molecule has 3 aromatic rings. The largest absolute Gasteiger partial charge is 0.394 e. The maximum Gasteiger partial charge on any atom is 0.223 e. The molecule has 3 N–H and O–H groups in total. The Morgan fingerprint density at radius 2 is 2.12 bits per heavy atom. The summed E-state index contributed by atoms with van der Waals surface area (Å²) < 4.78 is 12.6. The summed E-state index contributed by atoms with van der Waals surface area (Å²) in [6, 6.07) is 5.71. The van der Waals surface area contributed by atoms with Crippen molar-refractivity contribution in [3.05, 3.63) is 36.2 Å². The fraction of sp³-hybridized carbons (Fsp3) is 0.333. The van der Waals surface area contributed by atoms with E-state index < -0.39 is 7.14 Å². The van der Waals surface area contributed by atoms with Crippen molar-refractivity contribution in [2.24, 2.45) is 0 Å². The zero-order valence-electron chi connectivity index (χ0n) is 14.9. The molecule has 3 rings (SSSR count). The molecule has 0 aliphatic heterocycles. The van der Waals surface area contributed by atoms with Gasteiger partial charge in [-0.25, -0.2) is 9.97 Å². The van der Waals surface area contributed by atoms with Gasteiger partial charge >= 0.3 is 0 Å². The first-order valence-corrected chi connectivity index (χ1v) is 10.8. The van der Waals surface area contributed by atoms with Crippen LogP contribution in [0.1, 0.15) is 12.5 Å². The molecule has 0 bridgehead atoms. The highest BCUT2D eigenvalue weighted by Crippen LogP contribution is 2.39. The second-order valence-corrected chi connectivity index (χ2v) is 9.89. The van der Waals surface area contributed by atoms with Crippen molar-refractivity contribution >= 4 is 29.3 Å². The highest BCUT2D eigenvalue weighted by Gasteiger charge is 2.19. The Bertz CT molecular complexity index is 961. The van der Waals surface area contributed by atoms with E-state index in [-0.39, 0.29) is 12.6 Å². The van der Waals surface area contributed by atoms with Gasteiger partial charge in [-0.2, -0.15) is 0 Å². The average molecular weight is 358 g/mol. The molecule has 0 unspecified atom stereocenters. The van der Waals surface area contributed by atoms with Crippen LogP contribution in [0.3, 0.4) is 0 Å². The Balaban J connectivity index is 2.14. The molecule has 132 valence electrons. The first-order chi connectivity index (χ1) is 11.8. The first-order valence-electron chi connectivity index (χ1n) is 8.18. The summed E-state index contributed by atoms with van der Waals surface area (Å²) in [6.45, 7) is 7.38. The van der Waals surface area contributed by atoms with Gasteiger partial charge in [0.25, 0.3) is 0 Å². The molecule has 0 aliphatic carbocycles. The molecule has 0 amide bonds. The lowest BCUT2D eigenvalue weighted by atomic mass is 10.1. The minimum Gasteiger partial charge on any atom is -0.394 e. The van der Waals surface area contributed by atoms with Crippen LogP contribution in [0.15, 0.2) is 30.6 Å². The van der Waals surface area contributed by atoms with Crippen LogP contribution < -0.4 is 10.6 Å². The number of anilines is 1. The molecule has 6 nitrogen and oxygen atoms in total. The van der Waals surface area contributed by atoms with Crippen molar-refractivity contribution in [3.8, 4) is 11.3 Å². The zero-order valence-corrected chi connectivity index (χ0v) is 15.8. The molecule has 0 saturated heterocycles. The second-order valence-electron chi connectivity index (χ2n) is 6.71. The van der Waals surface area contributed by atoms with Crippen LogP contribution >= 0.6 is 7.14 Å². The molecule has 25 heavy (non-hydrogen) atoms. The molecule has 7 heteroatoms. The number of fused-ring (bicyclic) bond motifs is 1. The number of para-hydroxylation sites is 1. The standard InChI is InChI=1S/C18H23N4O2P/c1-11-8-20-18(21-12(2)10-23)22-16(11)14-9-19-17-13(14)6-5-7-15(17)25(3,4)24/h5-9,12,19,23H,10H2,1-4H3,(H,20,21,22)/t12-/m0/s1. The van der Waals surface area contributed by atoms with Crippen LogP contribution in [-0.2, 0) is 4.57 Å². The predicted octanol–water partition coefficient (Wildman–Crippen LogP) is 2.97. The summed E-state index contributed by atoms with van der Waals surface area (Å²) >= 11 is 0. The van der Waals surface area contributed by atoms with Gasteiger partial charge in [0.05, 0.1) is 17.8 Å². The summed E-state index contributed by atoms with van der Waals surface area (Å²) in [4.78, 5) is 12.2. The van der Waals surface area contributed by atoms with Gasteiger partial charge in [0, 0.05) is 34.7 Å². The quantitative estimate of drug-likeness (QED) is 0.610. The summed E-state index contributed by atoms with van der Waals surface area (Å²) in [5, 5.41) is 14.1. The van der Waals surface area contributed by atoms with Gasteiger partial charge in [0.15, 0.2) is 0 Å². The molecule has 0 spiro atoms. The van der Waals surface area contributed by atoms with Crippen LogP contribution in [0.5, 0.6) is 0 Å². The maximum atomic E-state index is 12.6. The number of hydrogen-bond donors (Lipinski definition) is 3. The zero-order chi connectivity index (χ0) is 18.2. The summed E-state index contributed by atoms with van der Waals surface area (Å²) in [5.74, 6) is 0.476. The summed E-state index contributed by atoms with van der Waals surface area (Å²) in [5.41, 5.74) is 3.60. The second kappa shape index (κ2) is 6.62. The molecule has 1 atom stereocenters. The van der Waals surface area contributed by atoms with Gasteiger partial charge in [-0.1, -0.05) is 12.1 Å². The van der Waals surface area contributed by atoms with E-state index in [4.69, 9.17) is 0 Å². The van der Waals surface area contributed by atoms with E-state index >= 15 is 0 Å². The number of nitrogens with one attached hydrogen (secondary N) is 2. The van der Waals surface area contributed by atoms with Crippen LogP contribution in [0.25, 0.3) is 22.2 Å². The lowest BCUT2D eigenvalue weighted by molar-refractivity contribution is 0.281. The van der Waals surface area contributed by atoms with E-state index in [0.29, 0.717) is 5.95 Å². The third kappa shape index (κ3) is 3.46. The molecule has 0 saturated carbocycles. The Hall–Kier alpha value is -2.17. The van der Waals surface area contributed by atoms with E-state index in [0.717, 1.165) is 33.0 Å². The number of nitrogens with zero attached hydrogens (tertiary/aromatic N) is 2. The normalized spacial score (nSPS) is 13.2. The average Bonchev–Trinajstić information content (AvgIpc) is 2.99. The van der Waals surface area contributed by atoms with Gasteiger partial charge in [-0.15, -0.1) is 0 Å². The van der Waals surface area contributed by atoms with Crippen molar-refractivity contribution in [3.63, 3.8) is 0 Å². The monoisotopic (exact) mass is 358 g/mol. The molecule has 1 aromatic carbocycles. The number of aliphatic hydroxyl groups excluding tert-OH is 1. The molecule has 2 heterocycles. The third-order valence-electron chi connectivity index (χ3n) is 4.15. The topological polar surface area (TPSA) is 90.9 Å². The number of rotatable bonds is 5. The predicted molar refractivity (Wildman–Crippen MR) is 103 cm³/mol. The van der Waals surface area contributed by atoms with Crippen LogP contribution in [0.2, 0.25) is 0 Å². The lowest BCUT2D eigenvalue weighted by Gasteiger charge is -2.12. The maximum absolute atomic E-state index is 12.6. The Labute approximate surface area is 147 Å². The van der Waals surface area contributed by atoms with E-state index in [1.54, 1.807) is 19.5 Å². The van der Waals surface area contributed by atoms with E-state index in [1.807, 2.05) is 38.2 Å². The molecular weight excluding hydrogens is 335 g/mol. The third-order valence-corrected chi connectivity index (χ3v) is 5.68. The lowest BCUT2D eigenvalue weighted by Crippen LogP contribution is -2.21. The molecule has 0 radical (unpaired) electrons. The highest BCUT2D eigenvalue weighted by atomic mass is 31.2. The molecule has 0 fully saturated rings. The van der Waals surface area contributed by atoms with Gasteiger partial charge in [0.1, 0.15) is 7.14 Å². The van der Waals surface area contributed by atoms with Gasteiger partial charge in [-0.3, -0.25) is 0 Å². The highest BCUT2D eigenvalue weighted by molar-refractivity contribution is 7.70. The van der Waals surface area contributed by atoms with Crippen molar-refractivity contribution < 1.29 is 9.67 Å². The van der Waals surface area contributed by atoms with Crippen molar-refractivity contribution in [2.45, 2.75) is 19.9 Å². The molecule has 0 aliphatic rings. The van der Waals surface area contributed by atoms with Crippen molar-refractivity contribution in [1.29, 1.82) is 0 Å². The van der Waals surface area contributed by atoms with Crippen LogP contribution in [0.4, 0.5) is 5.95 Å². The summed E-state index contributed by atoms with van der Waals surface area (Å²) in [6.07, 6.45) is 3.67. The fourth-order valence-corrected chi connectivity index (χ4v) is 4.00. The Morgan fingerprint density at radius 3 is 2.80 bits per heavy atom. The minimum absolute atomic E-state index is 0.00526. The number of benzene rings is 1. The Morgan fingerprint density at radius 1 is 1.36 bits per heavy atom. The fourth-order valence-electron chi connectivity index (χ4n) is 2.83. The number of H-pyrrole nitrogens is 1. The minimum atomic E-state index is -2.39. The number of aromatic amines is 1. The van der Waals surface area contributed by atoms with E-state index in [9.17, 15) is 9.67 Å². The van der Waals surface area contributed by atoms with Crippen LogP contribution in [-0.4, -0.2) is 46.0 Å². The molecular formula is C18H23N4O2P. The number of hydrogen-bond acceptors (Lipinski definition) is 5. The number of aryl methyl sites for hydroxylation is 1. The van der Waals surface area contributed by atoms with Crippen molar-refractivity contribution in [1.82, 2.24) is 15.0 Å². The molecule has 2 aromatic heterocycles. The van der Waals surface area contributed by atoms with Gasteiger partial charge in [0.2, 0.25) is 5.95 Å². The van der Waals surface area contributed by atoms with Gasteiger partial charge < -0.3 is 20.0 Å². The first kappa shape index (κ1) is 17.6. The van der Waals surface area contributed by atoms with E-state index in [1.165, 1.54) is 0 Å². The number of aliphatic hydroxyl groups is 1. The summed E-state index contributed by atoms with van der Waals surface area (Å²) in [7, 11) is -2.39. The smallest absolute Gasteiger partial charge is 0.223 e. The van der Waals surface area contributed by atoms with E-state index in [2.05, 4.69) is 20.3 Å². The SMILES string of the molecule is Cc1cnc(N[C@@H](C)CO)nc1-c1c[nH]c2c(P(C)(C)=O)cccc12. The Kier molecular flexibility index (Phi) is 4.67. The van der Waals surface area contributed by atoms with Crippen LogP contribution in [0, 0.1) is 6.92 Å². The number of aromatic nitrogens is 3. The van der Waals surface area contributed by atoms with Crippen molar-refractivity contribution in [2.75, 3.05) is 25.3 Å². The van der Waals surface area contributed by atoms with Gasteiger partial charge in [-0.05, 0) is 38.8 Å².